The fraction of sp³-hybridized carbons (Fsp3) is 0.125. The molecule has 0 radical (unpaired) electrons. The zero-order chi connectivity index (χ0) is 22.9. The molecule has 0 aromatic heterocycles. The summed E-state index contributed by atoms with van der Waals surface area (Å²) in [7, 11) is 1.40. The molecule has 0 heterocycles. The van der Waals surface area contributed by atoms with E-state index >= 15 is 0 Å². The van der Waals surface area contributed by atoms with Crippen LogP contribution in [0, 0.1) is 0 Å². The smallest absolute Gasteiger partial charge is 0.340 e. The number of rotatable bonds is 8. The molecule has 2 amide bonds. The summed E-state index contributed by atoms with van der Waals surface area (Å²) in [6.07, 6.45) is 0.00854. The van der Waals surface area contributed by atoms with Gasteiger partial charge in [0.15, 0.2) is 5.81 Å². The second-order valence-corrected chi connectivity index (χ2v) is 8.08. The minimum Gasteiger partial charge on any atom is -0.457 e. The molecule has 0 bridgehead atoms. The average molecular weight is 493 g/mol. The molecule has 1 unspecified atom stereocenters. The average Bonchev–Trinajstić information content (AvgIpc) is 2.78. The first-order chi connectivity index (χ1) is 15.4. The summed E-state index contributed by atoms with van der Waals surface area (Å²) in [5.74, 6) is -1.11. The minimum absolute atomic E-state index is 0.00854. The van der Waals surface area contributed by atoms with Gasteiger partial charge in [0.2, 0.25) is 13.8 Å². The summed E-state index contributed by atoms with van der Waals surface area (Å²) < 4.78 is 6.30. The van der Waals surface area contributed by atoms with Crippen molar-refractivity contribution >= 4 is 47.1 Å². The van der Waals surface area contributed by atoms with Crippen molar-refractivity contribution in [3.8, 4) is 0 Å². The number of carbonyl (C=O) groups excluding carboxylic acids is 3. The van der Waals surface area contributed by atoms with E-state index in [2.05, 4.69) is 26.6 Å². The summed E-state index contributed by atoms with van der Waals surface area (Å²) in [5, 5.41) is 5.58. The van der Waals surface area contributed by atoms with Crippen LogP contribution >= 0.6 is 15.9 Å². The molecule has 0 saturated carbocycles. The number of halogens is 1. The lowest BCUT2D eigenvalue weighted by Crippen LogP contribution is -2.30. The van der Waals surface area contributed by atoms with E-state index in [1.807, 2.05) is 54.6 Å². The van der Waals surface area contributed by atoms with Crippen molar-refractivity contribution in [3.63, 3.8) is 0 Å². The van der Waals surface area contributed by atoms with E-state index in [4.69, 9.17) is 4.74 Å². The first-order valence-electron chi connectivity index (χ1n) is 10.0. The van der Waals surface area contributed by atoms with Crippen molar-refractivity contribution < 1.29 is 19.1 Å². The van der Waals surface area contributed by atoms with Gasteiger partial charge in [-0.15, -0.1) is 0 Å². The van der Waals surface area contributed by atoms with Crippen LogP contribution in [0.2, 0.25) is 0 Å². The summed E-state index contributed by atoms with van der Waals surface area (Å²) in [4.78, 5) is 37.0. The highest BCUT2D eigenvalue weighted by atomic mass is 79.9. The van der Waals surface area contributed by atoms with Crippen LogP contribution in [0.5, 0.6) is 0 Å². The third kappa shape index (κ3) is 6.82. The largest absolute Gasteiger partial charge is 0.457 e. The van der Waals surface area contributed by atoms with Gasteiger partial charge in [-0.25, -0.2) is 4.79 Å². The number of amides is 2. The quantitative estimate of drug-likeness (QED) is 0.364. The topological polar surface area (TPSA) is 84.5 Å². The second-order valence-electron chi connectivity index (χ2n) is 7.16. The molecular formula is C24H22BBrN2O4. The van der Waals surface area contributed by atoms with Gasteiger partial charge in [0.25, 0.3) is 0 Å². The highest BCUT2D eigenvalue weighted by Crippen LogP contribution is 2.22. The normalized spacial score (nSPS) is 11.3. The van der Waals surface area contributed by atoms with Crippen molar-refractivity contribution in [2.75, 3.05) is 5.32 Å². The number of nitrogens with one attached hydrogen (secondary N) is 2. The van der Waals surface area contributed by atoms with Gasteiger partial charge in [0, 0.05) is 4.47 Å². The van der Waals surface area contributed by atoms with Gasteiger partial charge in [-0.05, 0) is 35.4 Å². The molecule has 0 aliphatic rings. The second kappa shape index (κ2) is 11.3. The maximum atomic E-state index is 12.8. The van der Waals surface area contributed by atoms with Crippen LogP contribution in [0.25, 0.3) is 0 Å². The van der Waals surface area contributed by atoms with Crippen molar-refractivity contribution in [1.82, 2.24) is 5.32 Å². The van der Waals surface area contributed by atoms with E-state index in [9.17, 15) is 14.4 Å². The Kier molecular flexibility index (Phi) is 8.22. The van der Waals surface area contributed by atoms with Crippen LogP contribution in [0.3, 0.4) is 0 Å². The zero-order valence-corrected chi connectivity index (χ0v) is 19.1. The van der Waals surface area contributed by atoms with Crippen molar-refractivity contribution in [3.05, 3.63) is 100 Å². The summed E-state index contributed by atoms with van der Waals surface area (Å²) in [6.45, 7) is 0.135. The Labute approximate surface area is 195 Å². The first kappa shape index (κ1) is 23.3. The number of hydrogen-bond donors (Lipinski definition) is 2. The van der Waals surface area contributed by atoms with Gasteiger partial charge in [-0.3, -0.25) is 9.59 Å². The lowest BCUT2D eigenvalue weighted by atomic mass is 10.0. The number of hydrogen-bond acceptors (Lipinski definition) is 4. The van der Waals surface area contributed by atoms with Crippen LogP contribution in [-0.2, 0) is 16.1 Å². The summed E-state index contributed by atoms with van der Waals surface area (Å²) in [6, 6.07) is 22.9. The minimum atomic E-state index is -0.531. The molecule has 0 aliphatic heterocycles. The predicted molar refractivity (Wildman–Crippen MR) is 129 cm³/mol. The molecule has 162 valence electrons. The van der Waals surface area contributed by atoms with Crippen LogP contribution in [0.4, 0.5) is 10.5 Å². The Morgan fingerprint density at radius 3 is 2.25 bits per heavy atom. The number of carbonyl (C=O) groups is 3. The van der Waals surface area contributed by atoms with Gasteiger partial charge in [0.1, 0.15) is 6.61 Å². The molecule has 0 fully saturated rings. The number of anilines is 1. The van der Waals surface area contributed by atoms with Gasteiger partial charge in [-0.1, -0.05) is 70.5 Å². The molecule has 3 aromatic carbocycles. The molecular weight excluding hydrogens is 471 g/mol. The highest BCUT2D eigenvalue weighted by molar-refractivity contribution is 9.10. The molecule has 8 heteroatoms. The Balaban J connectivity index is 1.69. The standard InChI is InChI=1S/C24H22BBrN2O4/c25-24(31)28-21(17-10-12-18(26)13-11-17)14-22(29)27-20-9-5-4-8-19(20)23(30)32-15-16-6-2-1-3-7-16/h1-13,21H,14-15,25H2,(H,27,29)(H,28,31). The molecule has 0 saturated heterocycles. The van der Waals surface area contributed by atoms with Crippen molar-refractivity contribution in [2.24, 2.45) is 0 Å². The van der Waals surface area contributed by atoms with E-state index < -0.39 is 12.0 Å². The van der Waals surface area contributed by atoms with Gasteiger partial charge in [-0.2, -0.15) is 0 Å². The number of benzene rings is 3. The zero-order valence-electron chi connectivity index (χ0n) is 17.5. The molecule has 2 N–H and O–H groups in total. The molecule has 1 atom stereocenters. The summed E-state index contributed by atoms with van der Waals surface area (Å²) >= 11 is 3.38. The van der Waals surface area contributed by atoms with Gasteiger partial charge in [0.05, 0.1) is 23.7 Å². The van der Waals surface area contributed by atoms with Gasteiger partial charge >= 0.3 is 5.97 Å². The molecule has 3 aromatic rings. The number of para-hydroxylation sites is 1. The molecule has 3 rings (SSSR count). The number of ether oxygens (including phenoxy) is 1. The SMILES string of the molecule is BC(=O)NC(CC(=O)Nc1ccccc1C(=O)OCc1ccccc1)c1ccc(Br)cc1. The fourth-order valence-electron chi connectivity index (χ4n) is 3.15. The van der Waals surface area contributed by atoms with Crippen molar-refractivity contribution in [2.45, 2.75) is 19.1 Å². The Morgan fingerprint density at radius 2 is 1.56 bits per heavy atom. The third-order valence-electron chi connectivity index (χ3n) is 4.67. The van der Waals surface area contributed by atoms with Gasteiger partial charge < -0.3 is 15.4 Å². The van der Waals surface area contributed by atoms with Crippen LogP contribution in [0.1, 0.15) is 33.9 Å². The number of esters is 1. The maximum Gasteiger partial charge on any atom is 0.340 e. The van der Waals surface area contributed by atoms with E-state index in [0.717, 1.165) is 15.6 Å². The molecule has 0 aliphatic carbocycles. The Hall–Kier alpha value is -3.39. The van der Waals surface area contributed by atoms with Crippen LogP contribution in [-0.4, -0.2) is 25.5 Å². The Bertz CT molecular complexity index is 1090. The van der Waals surface area contributed by atoms with Crippen molar-refractivity contribution in [1.29, 1.82) is 0 Å². The van der Waals surface area contributed by atoms with Crippen LogP contribution in [0.15, 0.2) is 83.3 Å². The monoisotopic (exact) mass is 492 g/mol. The van der Waals surface area contributed by atoms with Crippen LogP contribution < -0.4 is 10.6 Å². The molecule has 32 heavy (non-hydrogen) atoms. The lowest BCUT2D eigenvalue weighted by molar-refractivity contribution is -0.116. The Morgan fingerprint density at radius 1 is 0.906 bits per heavy atom. The molecule has 0 spiro atoms. The van der Waals surface area contributed by atoms with E-state index in [0.29, 0.717) is 5.69 Å². The van der Waals surface area contributed by atoms with E-state index in [1.165, 1.54) is 7.85 Å². The fourth-order valence-corrected chi connectivity index (χ4v) is 3.41. The first-order valence-corrected chi connectivity index (χ1v) is 10.8. The van der Waals surface area contributed by atoms with E-state index in [1.54, 1.807) is 24.3 Å². The molecule has 6 nitrogen and oxygen atoms in total. The van der Waals surface area contributed by atoms with E-state index in [-0.39, 0.29) is 30.3 Å². The summed E-state index contributed by atoms with van der Waals surface area (Å²) in [5.41, 5.74) is 2.29. The predicted octanol–water partition coefficient (Wildman–Crippen LogP) is 4.22. The lowest BCUT2D eigenvalue weighted by Gasteiger charge is -2.19. The highest BCUT2D eigenvalue weighted by Gasteiger charge is 2.19. The maximum absolute atomic E-state index is 12.8. The third-order valence-corrected chi connectivity index (χ3v) is 5.20.